The topological polar surface area (TPSA) is 21.3 Å². The maximum atomic E-state index is 5.77. The minimum Gasteiger partial charge on any atom is -0.377 e. The van der Waals surface area contributed by atoms with Crippen LogP contribution in [0.1, 0.15) is 38.5 Å². The first kappa shape index (κ1) is 11.7. The zero-order valence-corrected chi connectivity index (χ0v) is 9.13. The van der Waals surface area contributed by atoms with Gasteiger partial charge in [0.1, 0.15) is 0 Å². The highest BCUT2D eigenvalue weighted by molar-refractivity contribution is 4.68. The summed E-state index contributed by atoms with van der Waals surface area (Å²) in [6.45, 7) is 6.86. The molecule has 1 fully saturated rings. The molecule has 1 aliphatic heterocycles. The van der Waals surface area contributed by atoms with Crippen LogP contribution in [0, 0.1) is 0 Å². The number of allylic oxidation sites excluding steroid dienone is 1. The largest absolute Gasteiger partial charge is 0.377 e. The Hall–Kier alpha value is -0.340. The smallest absolute Gasteiger partial charge is 0.0699 e. The van der Waals surface area contributed by atoms with Crippen LogP contribution in [0.2, 0.25) is 0 Å². The van der Waals surface area contributed by atoms with Gasteiger partial charge in [-0.05, 0) is 38.6 Å². The van der Waals surface area contributed by atoms with Gasteiger partial charge in [0, 0.05) is 13.2 Å². The van der Waals surface area contributed by atoms with E-state index in [0.29, 0.717) is 6.10 Å². The summed E-state index contributed by atoms with van der Waals surface area (Å²) in [5.74, 6) is 0. The normalized spacial score (nSPS) is 22.1. The molecule has 1 aliphatic rings. The van der Waals surface area contributed by atoms with Gasteiger partial charge in [0.15, 0.2) is 0 Å². The Morgan fingerprint density at radius 3 is 3.00 bits per heavy atom. The molecule has 0 aromatic rings. The van der Waals surface area contributed by atoms with Crippen LogP contribution in [0.5, 0.6) is 0 Å². The van der Waals surface area contributed by atoms with Crippen LogP contribution >= 0.6 is 0 Å². The number of rotatable bonds is 7. The number of ether oxygens (including phenoxy) is 1. The van der Waals surface area contributed by atoms with Crippen molar-refractivity contribution in [3.05, 3.63) is 12.7 Å². The van der Waals surface area contributed by atoms with Crippen LogP contribution in [0.3, 0.4) is 0 Å². The molecule has 0 aliphatic carbocycles. The van der Waals surface area contributed by atoms with E-state index in [1.807, 2.05) is 6.08 Å². The molecular weight excluding hydrogens is 174 g/mol. The van der Waals surface area contributed by atoms with Gasteiger partial charge < -0.3 is 10.1 Å². The summed E-state index contributed by atoms with van der Waals surface area (Å²) in [4.78, 5) is 0. The fraction of sp³-hybridized carbons (Fsp3) is 0.833. The van der Waals surface area contributed by atoms with Crippen molar-refractivity contribution in [3.8, 4) is 0 Å². The summed E-state index contributed by atoms with van der Waals surface area (Å²) < 4.78 is 5.77. The maximum absolute atomic E-state index is 5.77. The third-order valence-corrected chi connectivity index (χ3v) is 2.66. The first-order chi connectivity index (χ1) is 6.93. The highest BCUT2D eigenvalue weighted by Crippen LogP contribution is 2.07. The standard InChI is InChI=1S/C12H23NO/c1-2-3-4-5-6-10-14-12-8-7-9-13-11-12/h2,12-13H,1,3-11H2/t12-/m0/s1. The van der Waals surface area contributed by atoms with Crippen molar-refractivity contribution in [2.24, 2.45) is 0 Å². The molecule has 1 saturated heterocycles. The molecule has 0 saturated carbocycles. The molecule has 1 atom stereocenters. The van der Waals surface area contributed by atoms with E-state index in [0.717, 1.165) is 19.6 Å². The summed E-state index contributed by atoms with van der Waals surface area (Å²) in [6.07, 6.45) is 9.84. The van der Waals surface area contributed by atoms with Crippen molar-refractivity contribution < 1.29 is 4.74 Å². The first-order valence-corrected chi connectivity index (χ1v) is 5.86. The molecule has 2 nitrogen and oxygen atoms in total. The number of hydrogen-bond donors (Lipinski definition) is 1. The molecule has 0 amide bonds. The fourth-order valence-electron chi connectivity index (χ4n) is 1.78. The van der Waals surface area contributed by atoms with E-state index in [9.17, 15) is 0 Å². The van der Waals surface area contributed by atoms with Crippen LogP contribution in [-0.2, 0) is 4.74 Å². The number of piperidine rings is 1. The summed E-state index contributed by atoms with van der Waals surface area (Å²) in [5, 5.41) is 3.36. The zero-order valence-electron chi connectivity index (χ0n) is 9.13. The molecule has 14 heavy (non-hydrogen) atoms. The summed E-state index contributed by atoms with van der Waals surface area (Å²) >= 11 is 0. The van der Waals surface area contributed by atoms with Crippen LogP contribution in [0.25, 0.3) is 0 Å². The highest BCUT2D eigenvalue weighted by atomic mass is 16.5. The predicted octanol–water partition coefficient (Wildman–Crippen LogP) is 2.50. The second-order valence-electron chi connectivity index (χ2n) is 3.98. The zero-order chi connectivity index (χ0) is 10.1. The van der Waals surface area contributed by atoms with Gasteiger partial charge in [0.25, 0.3) is 0 Å². The van der Waals surface area contributed by atoms with Gasteiger partial charge in [-0.1, -0.05) is 12.5 Å². The Kier molecular flexibility index (Phi) is 6.71. The lowest BCUT2D eigenvalue weighted by molar-refractivity contribution is 0.0348. The summed E-state index contributed by atoms with van der Waals surface area (Å²) in [6, 6.07) is 0. The van der Waals surface area contributed by atoms with Crippen LogP contribution < -0.4 is 5.32 Å². The summed E-state index contributed by atoms with van der Waals surface area (Å²) in [5.41, 5.74) is 0. The van der Waals surface area contributed by atoms with Gasteiger partial charge >= 0.3 is 0 Å². The van der Waals surface area contributed by atoms with Crippen molar-refractivity contribution in [3.63, 3.8) is 0 Å². The van der Waals surface area contributed by atoms with E-state index in [4.69, 9.17) is 4.74 Å². The monoisotopic (exact) mass is 197 g/mol. The third-order valence-electron chi connectivity index (χ3n) is 2.66. The quantitative estimate of drug-likeness (QED) is 0.500. The fourth-order valence-corrected chi connectivity index (χ4v) is 1.78. The predicted molar refractivity (Wildman–Crippen MR) is 60.5 cm³/mol. The van der Waals surface area contributed by atoms with Crippen molar-refractivity contribution in [1.82, 2.24) is 5.32 Å². The van der Waals surface area contributed by atoms with E-state index >= 15 is 0 Å². The van der Waals surface area contributed by atoms with Gasteiger partial charge in [0.2, 0.25) is 0 Å². The number of unbranched alkanes of at least 4 members (excludes halogenated alkanes) is 3. The summed E-state index contributed by atoms with van der Waals surface area (Å²) in [7, 11) is 0. The van der Waals surface area contributed by atoms with Crippen molar-refractivity contribution in [2.75, 3.05) is 19.7 Å². The minimum atomic E-state index is 0.475. The van der Waals surface area contributed by atoms with Gasteiger partial charge in [-0.15, -0.1) is 6.58 Å². The van der Waals surface area contributed by atoms with E-state index in [1.165, 1.54) is 38.6 Å². The Balaban J connectivity index is 1.85. The first-order valence-electron chi connectivity index (χ1n) is 5.86. The second kappa shape index (κ2) is 8.01. The maximum Gasteiger partial charge on any atom is 0.0699 e. The molecule has 0 aromatic heterocycles. The van der Waals surface area contributed by atoms with E-state index in [1.54, 1.807) is 0 Å². The lowest BCUT2D eigenvalue weighted by Crippen LogP contribution is -2.35. The van der Waals surface area contributed by atoms with E-state index in [-0.39, 0.29) is 0 Å². The van der Waals surface area contributed by atoms with E-state index in [2.05, 4.69) is 11.9 Å². The second-order valence-corrected chi connectivity index (χ2v) is 3.98. The Morgan fingerprint density at radius 1 is 1.36 bits per heavy atom. The Bertz CT molecular complexity index is 141. The Morgan fingerprint density at radius 2 is 2.29 bits per heavy atom. The lowest BCUT2D eigenvalue weighted by Gasteiger charge is -2.22. The molecule has 1 rings (SSSR count). The molecule has 0 unspecified atom stereocenters. The SMILES string of the molecule is C=CCCCCCO[C@H]1CCCNC1. The molecule has 0 bridgehead atoms. The Labute approximate surface area is 87.7 Å². The molecule has 82 valence electrons. The molecule has 0 radical (unpaired) electrons. The lowest BCUT2D eigenvalue weighted by atomic mass is 10.1. The molecule has 0 aromatic carbocycles. The molecular formula is C12H23NO. The average Bonchev–Trinajstić information content (AvgIpc) is 2.25. The minimum absolute atomic E-state index is 0.475. The van der Waals surface area contributed by atoms with Crippen LogP contribution in [0.15, 0.2) is 12.7 Å². The van der Waals surface area contributed by atoms with Gasteiger partial charge in [-0.3, -0.25) is 0 Å². The molecule has 0 spiro atoms. The van der Waals surface area contributed by atoms with Crippen molar-refractivity contribution >= 4 is 0 Å². The third kappa shape index (κ3) is 5.40. The number of nitrogens with one attached hydrogen (secondary N) is 1. The van der Waals surface area contributed by atoms with Gasteiger partial charge in [-0.2, -0.15) is 0 Å². The molecule has 1 N–H and O–H groups in total. The average molecular weight is 197 g/mol. The number of hydrogen-bond acceptors (Lipinski definition) is 2. The van der Waals surface area contributed by atoms with Crippen molar-refractivity contribution in [2.45, 2.75) is 44.6 Å². The molecule has 1 heterocycles. The van der Waals surface area contributed by atoms with Gasteiger partial charge in [0.05, 0.1) is 6.10 Å². The van der Waals surface area contributed by atoms with E-state index < -0.39 is 0 Å². The highest BCUT2D eigenvalue weighted by Gasteiger charge is 2.12. The van der Waals surface area contributed by atoms with Crippen LogP contribution in [0.4, 0.5) is 0 Å². The molecule has 2 heteroatoms. The van der Waals surface area contributed by atoms with Crippen molar-refractivity contribution in [1.29, 1.82) is 0 Å². The van der Waals surface area contributed by atoms with Crippen LogP contribution in [-0.4, -0.2) is 25.8 Å². The van der Waals surface area contributed by atoms with Gasteiger partial charge in [-0.25, -0.2) is 0 Å².